The van der Waals surface area contributed by atoms with Gasteiger partial charge in [0, 0.05) is 32.6 Å². The molecular formula is C14H20N4O8. The van der Waals surface area contributed by atoms with Crippen LogP contribution in [0, 0.1) is 0 Å². The largest absolute Gasteiger partial charge is 0.463 e. The summed E-state index contributed by atoms with van der Waals surface area (Å²) in [5.41, 5.74) is 8.74. The Morgan fingerprint density at radius 1 is 1.04 bits per heavy atom. The van der Waals surface area contributed by atoms with E-state index in [-0.39, 0.29) is 6.61 Å². The summed E-state index contributed by atoms with van der Waals surface area (Å²) in [6.45, 7) is 4.26. The zero-order valence-corrected chi connectivity index (χ0v) is 14.7. The zero-order chi connectivity index (χ0) is 19.9. The first-order valence-electron chi connectivity index (χ1n) is 7.60. The molecule has 12 heteroatoms. The first-order valence-corrected chi connectivity index (χ1v) is 7.60. The minimum atomic E-state index is -1.29. The number of ether oxygens (including phenoxy) is 4. The predicted octanol–water partition coefficient (Wildman–Crippen LogP) is -0.0472. The molecule has 1 saturated heterocycles. The van der Waals surface area contributed by atoms with Crippen molar-refractivity contribution in [3.8, 4) is 0 Å². The quantitative estimate of drug-likeness (QED) is 0.223. The molecule has 1 aliphatic rings. The van der Waals surface area contributed by atoms with Gasteiger partial charge in [0.2, 0.25) is 5.91 Å². The van der Waals surface area contributed by atoms with Gasteiger partial charge in [-0.15, -0.1) is 0 Å². The Morgan fingerprint density at radius 2 is 1.62 bits per heavy atom. The molecule has 12 nitrogen and oxygen atoms in total. The Morgan fingerprint density at radius 3 is 2.08 bits per heavy atom. The lowest BCUT2D eigenvalue weighted by molar-refractivity contribution is -0.222. The van der Waals surface area contributed by atoms with Gasteiger partial charge >= 0.3 is 17.9 Å². The van der Waals surface area contributed by atoms with Gasteiger partial charge in [0.05, 0.1) is 0 Å². The van der Waals surface area contributed by atoms with Crippen LogP contribution in [0.3, 0.4) is 0 Å². The van der Waals surface area contributed by atoms with Gasteiger partial charge in [-0.2, -0.15) is 0 Å². The molecule has 0 unspecified atom stereocenters. The Labute approximate surface area is 148 Å². The number of rotatable bonds is 6. The fraction of sp³-hybridized carbons (Fsp3) is 0.714. The molecule has 1 heterocycles. The van der Waals surface area contributed by atoms with Crippen LogP contribution in [0.4, 0.5) is 0 Å². The third-order valence-corrected chi connectivity index (χ3v) is 3.26. The van der Waals surface area contributed by atoms with Gasteiger partial charge in [-0.1, -0.05) is 5.11 Å². The van der Waals surface area contributed by atoms with Crippen molar-refractivity contribution in [2.45, 2.75) is 58.3 Å². The Kier molecular flexibility index (Phi) is 7.81. The van der Waals surface area contributed by atoms with Crippen molar-refractivity contribution in [2.24, 2.45) is 5.11 Å². The molecule has 5 atom stereocenters. The second-order valence-corrected chi connectivity index (χ2v) is 5.45. The molecule has 0 aromatic carbocycles. The number of carbonyl (C=O) groups is 4. The van der Waals surface area contributed by atoms with E-state index < -0.39 is 54.4 Å². The van der Waals surface area contributed by atoms with E-state index in [1.807, 2.05) is 0 Å². The number of hydrogen-bond acceptors (Lipinski definition) is 9. The van der Waals surface area contributed by atoms with Crippen LogP contribution < -0.4 is 5.32 Å². The third kappa shape index (κ3) is 6.22. The summed E-state index contributed by atoms with van der Waals surface area (Å²) in [6.07, 6.45) is -4.82. The Hall–Kier alpha value is -2.85. The van der Waals surface area contributed by atoms with Gasteiger partial charge in [-0.3, -0.25) is 19.2 Å². The number of carbonyl (C=O) groups excluding carboxylic acids is 4. The number of nitrogens with one attached hydrogen (secondary N) is 1. The molecule has 0 bridgehead atoms. The molecule has 0 radical (unpaired) electrons. The fourth-order valence-electron chi connectivity index (χ4n) is 2.46. The standard InChI is InChI=1S/C14H20N4O8/c1-6(19)16-11-13(25-9(4)22)12(24-8(3)21)10(5-23-7(2)20)26-14(11)17-18-15/h10-14H,5H2,1-4H3,(H,16,19)/t10-,11-,12-,13-,14+/m1/s1. The molecule has 0 saturated carbocycles. The van der Waals surface area contributed by atoms with Crippen molar-refractivity contribution in [2.75, 3.05) is 6.61 Å². The highest BCUT2D eigenvalue weighted by atomic mass is 16.6. The molecule has 1 fully saturated rings. The first-order chi connectivity index (χ1) is 12.1. The number of hydrogen-bond donors (Lipinski definition) is 1. The average molecular weight is 372 g/mol. The number of amides is 1. The van der Waals surface area contributed by atoms with Crippen LogP contribution in [0.15, 0.2) is 5.11 Å². The average Bonchev–Trinajstić information content (AvgIpc) is 2.50. The van der Waals surface area contributed by atoms with E-state index in [1.165, 1.54) is 6.92 Å². The monoisotopic (exact) mass is 372 g/mol. The smallest absolute Gasteiger partial charge is 0.303 e. The predicted molar refractivity (Wildman–Crippen MR) is 83.2 cm³/mol. The molecule has 144 valence electrons. The molecular weight excluding hydrogens is 352 g/mol. The fourth-order valence-corrected chi connectivity index (χ4v) is 2.46. The van der Waals surface area contributed by atoms with Crippen LogP contribution >= 0.6 is 0 Å². The Bertz CT molecular complexity index is 618. The third-order valence-electron chi connectivity index (χ3n) is 3.26. The summed E-state index contributed by atoms with van der Waals surface area (Å²) < 4.78 is 20.8. The lowest BCUT2D eigenvalue weighted by Gasteiger charge is -2.43. The normalized spacial score (nSPS) is 27.5. The molecule has 0 aliphatic carbocycles. The molecule has 1 aliphatic heterocycles. The lowest BCUT2D eigenvalue weighted by Crippen LogP contribution is -2.65. The highest BCUT2D eigenvalue weighted by Crippen LogP contribution is 2.28. The Balaban J connectivity index is 3.28. The molecule has 1 N–H and O–H groups in total. The first kappa shape index (κ1) is 21.2. The second kappa shape index (κ2) is 9.59. The van der Waals surface area contributed by atoms with Crippen LogP contribution in [0.1, 0.15) is 27.7 Å². The number of azide groups is 1. The van der Waals surface area contributed by atoms with Gasteiger partial charge in [0.25, 0.3) is 0 Å². The van der Waals surface area contributed by atoms with Gasteiger partial charge in [-0.25, -0.2) is 0 Å². The SMILES string of the molecule is CC(=O)N[C@@H]1[C@@H](OC(C)=O)[C@H](OC(C)=O)[C@@H](COC(C)=O)O[C@@H]1N=[N+]=[N-]. The van der Waals surface area contributed by atoms with E-state index in [9.17, 15) is 19.2 Å². The minimum absolute atomic E-state index is 0.352. The van der Waals surface area contributed by atoms with Crippen molar-refractivity contribution in [1.29, 1.82) is 0 Å². The highest BCUT2D eigenvalue weighted by molar-refractivity contribution is 5.73. The van der Waals surface area contributed by atoms with Crippen molar-refractivity contribution >= 4 is 23.8 Å². The van der Waals surface area contributed by atoms with Gasteiger partial charge in [0.1, 0.15) is 18.8 Å². The van der Waals surface area contributed by atoms with E-state index in [1.54, 1.807) is 0 Å². The maximum atomic E-state index is 11.5. The van der Waals surface area contributed by atoms with Crippen molar-refractivity contribution in [1.82, 2.24) is 5.32 Å². The van der Waals surface area contributed by atoms with Crippen molar-refractivity contribution in [3.05, 3.63) is 10.4 Å². The summed E-state index contributed by atoms with van der Waals surface area (Å²) in [6, 6.07) is -1.12. The van der Waals surface area contributed by atoms with Gasteiger partial charge in [-0.05, 0) is 5.53 Å². The van der Waals surface area contributed by atoms with Gasteiger partial charge in [0.15, 0.2) is 18.4 Å². The molecule has 0 aromatic rings. The van der Waals surface area contributed by atoms with Crippen LogP contribution in [-0.4, -0.2) is 61.0 Å². The summed E-state index contributed by atoms with van der Waals surface area (Å²) in [5.74, 6) is -2.58. The lowest BCUT2D eigenvalue weighted by atomic mass is 9.95. The number of nitrogens with zero attached hydrogens (tertiary/aromatic N) is 3. The van der Waals surface area contributed by atoms with Crippen LogP contribution in [-0.2, 0) is 38.1 Å². The summed E-state index contributed by atoms with van der Waals surface area (Å²) >= 11 is 0. The minimum Gasteiger partial charge on any atom is -0.463 e. The molecule has 1 amide bonds. The van der Waals surface area contributed by atoms with E-state index in [0.29, 0.717) is 0 Å². The zero-order valence-electron chi connectivity index (χ0n) is 14.7. The molecule has 0 spiro atoms. The second-order valence-electron chi connectivity index (χ2n) is 5.45. The van der Waals surface area contributed by atoms with Crippen LogP contribution in [0.25, 0.3) is 10.4 Å². The topological polar surface area (TPSA) is 166 Å². The summed E-state index contributed by atoms with van der Waals surface area (Å²) in [4.78, 5) is 48.2. The molecule has 0 aromatic heterocycles. The molecule has 26 heavy (non-hydrogen) atoms. The van der Waals surface area contributed by atoms with Crippen molar-refractivity contribution in [3.63, 3.8) is 0 Å². The van der Waals surface area contributed by atoms with E-state index in [4.69, 9.17) is 24.5 Å². The highest BCUT2D eigenvalue weighted by Gasteiger charge is 2.50. The van der Waals surface area contributed by atoms with Crippen molar-refractivity contribution < 1.29 is 38.1 Å². The molecule has 1 rings (SSSR count). The van der Waals surface area contributed by atoms with Crippen LogP contribution in [0.2, 0.25) is 0 Å². The maximum absolute atomic E-state index is 11.5. The van der Waals surface area contributed by atoms with E-state index in [0.717, 1.165) is 20.8 Å². The number of esters is 3. The van der Waals surface area contributed by atoms with Gasteiger partial charge < -0.3 is 24.3 Å². The van der Waals surface area contributed by atoms with Crippen LogP contribution in [0.5, 0.6) is 0 Å². The van der Waals surface area contributed by atoms with E-state index in [2.05, 4.69) is 15.3 Å². The van der Waals surface area contributed by atoms with E-state index >= 15 is 0 Å². The maximum Gasteiger partial charge on any atom is 0.303 e. The summed E-state index contributed by atoms with van der Waals surface area (Å²) in [5, 5.41) is 5.89. The summed E-state index contributed by atoms with van der Waals surface area (Å²) in [7, 11) is 0.